The summed E-state index contributed by atoms with van der Waals surface area (Å²) in [7, 11) is 0. The Labute approximate surface area is 147 Å². The Bertz CT molecular complexity index is 647. The van der Waals surface area contributed by atoms with Crippen molar-refractivity contribution in [2.45, 2.75) is 44.8 Å². The smallest absolute Gasteiger partial charge is 0.317 e. The molecule has 1 aliphatic carbocycles. The van der Waals surface area contributed by atoms with Crippen LogP contribution in [0, 0.1) is 11.3 Å². The second-order valence-electron chi connectivity index (χ2n) is 6.35. The third kappa shape index (κ3) is 5.19. The van der Waals surface area contributed by atoms with E-state index < -0.39 is 5.97 Å². The molecule has 2 rings (SSSR count). The van der Waals surface area contributed by atoms with Gasteiger partial charge in [-0.05, 0) is 44.0 Å². The van der Waals surface area contributed by atoms with E-state index in [1.54, 1.807) is 12.1 Å². The molecule has 25 heavy (non-hydrogen) atoms. The van der Waals surface area contributed by atoms with Gasteiger partial charge in [0.1, 0.15) is 0 Å². The maximum atomic E-state index is 12.1. The van der Waals surface area contributed by atoms with Crippen molar-refractivity contribution in [2.75, 3.05) is 13.1 Å². The maximum Gasteiger partial charge on any atom is 0.317 e. The summed E-state index contributed by atoms with van der Waals surface area (Å²) < 4.78 is 0. The normalized spacial score (nSPS) is 20.2. The van der Waals surface area contributed by atoms with Crippen LogP contribution in [0.5, 0.6) is 0 Å². The van der Waals surface area contributed by atoms with Crippen LogP contribution < -0.4 is 10.6 Å². The van der Waals surface area contributed by atoms with Gasteiger partial charge in [-0.15, -0.1) is 0 Å². The molecule has 0 saturated heterocycles. The highest BCUT2D eigenvalue weighted by Crippen LogP contribution is 2.25. The number of carbonyl (C=O) groups excluding carboxylic acids is 1. The van der Waals surface area contributed by atoms with Crippen LogP contribution in [0.1, 0.15) is 43.9 Å². The van der Waals surface area contributed by atoms with Crippen molar-refractivity contribution >= 4 is 12.0 Å². The van der Waals surface area contributed by atoms with Gasteiger partial charge in [0, 0.05) is 12.1 Å². The molecule has 0 aromatic heterocycles. The van der Waals surface area contributed by atoms with Crippen LogP contribution in [0.3, 0.4) is 0 Å². The number of hydrogen-bond acceptors (Lipinski definition) is 4. The zero-order valence-corrected chi connectivity index (χ0v) is 14.5. The first-order valence-corrected chi connectivity index (χ1v) is 8.45. The Kier molecular flexibility index (Phi) is 6.37. The van der Waals surface area contributed by atoms with Gasteiger partial charge in [0.05, 0.1) is 24.2 Å². The van der Waals surface area contributed by atoms with Crippen LogP contribution in [0.4, 0.5) is 4.79 Å². The van der Waals surface area contributed by atoms with E-state index in [1.807, 2.05) is 30.9 Å². The highest BCUT2D eigenvalue weighted by atomic mass is 16.4. The summed E-state index contributed by atoms with van der Waals surface area (Å²) >= 11 is 0. The van der Waals surface area contributed by atoms with E-state index in [0.29, 0.717) is 12.1 Å². The van der Waals surface area contributed by atoms with Gasteiger partial charge in [0.2, 0.25) is 0 Å². The van der Waals surface area contributed by atoms with Gasteiger partial charge in [-0.25, -0.2) is 4.79 Å². The van der Waals surface area contributed by atoms with Crippen molar-refractivity contribution in [1.82, 2.24) is 15.5 Å². The lowest BCUT2D eigenvalue weighted by Crippen LogP contribution is -2.56. The molecule has 0 aliphatic heterocycles. The van der Waals surface area contributed by atoms with Gasteiger partial charge < -0.3 is 15.7 Å². The number of hydrogen-bond donors (Lipinski definition) is 3. The summed E-state index contributed by atoms with van der Waals surface area (Å²) in [6.45, 7) is 4.55. The molecule has 1 unspecified atom stereocenters. The van der Waals surface area contributed by atoms with Crippen molar-refractivity contribution in [3.8, 4) is 6.07 Å². The van der Waals surface area contributed by atoms with E-state index in [1.165, 1.54) is 0 Å². The number of nitrogens with one attached hydrogen (secondary N) is 2. The second-order valence-corrected chi connectivity index (χ2v) is 6.35. The molecule has 3 N–H and O–H groups in total. The molecule has 134 valence electrons. The standard InChI is InChI=1S/C18H24N4O3/c1-3-22(11-17(23)24)16-8-15(9-16)21-18(25)20-12(2)14-6-4-13(10-19)5-7-14/h4-7,12,15-16H,3,8-9,11H2,1-2H3,(H,23,24)(H2,20,21,25). The molecular formula is C18H24N4O3. The molecule has 7 heteroatoms. The summed E-state index contributed by atoms with van der Waals surface area (Å²) in [5.74, 6) is -0.827. The Morgan fingerprint density at radius 1 is 1.36 bits per heavy atom. The molecule has 1 fully saturated rings. The fraction of sp³-hybridized carbons (Fsp3) is 0.500. The van der Waals surface area contributed by atoms with Crippen LogP contribution in [-0.4, -0.2) is 47.2 Å². The number of amides is 2. The molecule has 0 spiro atoms. The number of likely N-dealkylation sites (N-methyl/N-ethyl adjacent to an activating group) is 1. The van der Waals surface area contributed by atoms with Gasteiger partial charge in [0.15, 0.2) is 0 Å². The summed E-state index contributed by atoms with van der Waals surface area (Å²) in [4.78, 5) is 24.8. The maximum absolute atomic E-state index is 12.1. The van der Waals surface area contributed by atoms with Crippen molar-refractivity contribution in [1.29, 1.82) is 5.26 Å². The lowest BCUT2D eigenvalue weighted by Gasteiger charge is -2.42. The molecule has 1 atom stereocenters. The third-order valence-corrected chi connectivity index (χ3v) is 4.60. The zero-order valence-electron chi connectivity index (χ0n) is 14.5. The largest absolute Gasteiger partial charge is 0.480 e. The second kappa shape index (κ2) is 8.49. The Morgan fingerprint density at radius 3 is 2.52 bits per heavy atom. The monoisotopic (exact) mass is 344 g/mol. The summed E-state index contributed by atoms with van der Waals surface area (Å²) in [5.41, 5.74) is 1.52. The van der Waals surface area contributed by atoms with E-state index in [4.69, 9.17) is 10.4 Å². The van der Waals surface area contributed by atoms with Gasteiger partial charge in [-0.1, -0.05) is 19.1 Å². The summed E-state index contributed by atoms with van der Waals surface area (Å²) in [6, 6.07) is 9.05. The minimum absolute atomic E-state index is 0.0375. The third-order valence-electron chi connectivity index (χ3n) is 4.60. The minimum atomic E-state index is -0.827. The van der Waals surface area contributed by atoms with Gasteiger partial charge in [-0.2, -0.15) is 5.26 Å². The van der Waals surface area contributed by atoms with Gasteiger partial charge in [-0.3, -0.25) is 9.69 Å². The number of nitriles is 1. The van der Waals surface area contributed by atoms with Crippen molar-refractivity contribution in [3.63, 3.8) is 0 Å². The van der Waals surface area contributed by atoms with E-state index in [0.717, 1.165) is 18.4 Å². The molecule has 7 nitrogen and oxygen atoms in total. The first kappa shape index (κ1) is 18.7. The highest BCUT2D eigenvalue weighted by Gasteiger charge is 2.34. The van der Waals surface area contributed by atoms with Crippen molar-refractivity contribution in [3.05, 3.63) is 35.4 Å². The average molecular weight is 344 g/mol. The van der Waals surface area contributed by atoms with Crippen LogP contribution >= 0.6 is 0 Å². The first-order chi connectivity index (χ1) is 11.9. The van der Waals surface area contributed by atoms with Crippen molar-refractivity contribution in [2.24, 2.45) is 0 Å². The Hall–Kier alpha value is -2.59. The Morgan fingerprint density at radius 2 is 2.00 bits per heavy atom. The average Bonchev–Trinajstić information content (AvgIpc) is 2.55. The summed E-state index contributed by atoms with van der Waals surface area (Å²) in [5, 5.41) is 23.5. The minimum Gasteiger partial charge on any atom is -0.480 e. The molecule has 0 bridgehead atoms. The number of carboxylic acids is 1. The van der Waals surface area contributed by atoms with Crippen LogP contribution in [0.2, 0.25) is 0 Å². The zero-order chi connectivity index (χ0) is 18.4. The quantitative estimate of drug-likeness (QED) is 0.700. The topological polar surface area (TPSA) is 105 Å². The van der Waals surface area contributed by atoms with Crippen molar-refractivity contribution < 1.29 is 14.7 Å². The molecule has 1 saturated carbocycles. The SMILES string of the molecule is CCN(CC(=O)O)C1CC(NC(=O)NC(C)c2ccc(C#N)cc2)C1. The number of benzene rings is 1. The summed E-state index contributed by atoms with van der Waals surface area (Å²) in [6.07, 6.45) is 1.53. The lowest BCUT2D eigenvalue weighted by atomic mass is 9.85. The van der Waals surface area contributed by atoms with E-state index in [-0.39, 0.29) is 30.7 Å². The van der Waals surface area contributed by atoms with E-state index >= 15 is 0 Å². The van der Waals surface area contributed by atoms with Crippen LogP contribution in [-0.2, 0) is 4.79 Å². The molecule has 0 heterocycles. The predicted octanol–water partition coefficient (Wildman–Crippen LogP) is 1.86. The number of nitrogens with zero attached hydrogens (tertiary/aromatic N) is 2. The first-order valence-electron chi connectivity index (χ1n) is 8.45. The molecule has 1 aliphatic rings. The molecule has 0 radical (unpaired) electrons. The fourth-order valence-corrected chi connectivity index (χ4v) is 3.03. The van der Waals surface area contributed by atoms with Crippen LogP contribution in [0.25, 0.3) is 0 Å². The molecule has 1 aromatic rings. The molecule has 1 aromatic carbocycles. The predicted molar refractivity (Wildman–Crippen MR) is 92.9 cm³/mol. The number of aliphatic carboxylic acids is 1. The van der Waals surface area contributed by atoms with Crippen LogP contribution in [0.15, 0.2) is 24.3 Å². The van der Waals surface area contributed by atoms with Gasteiger partial charge >= 0.3 is 12.0 Å². The Balaban J connectivity index is 1.76. The molecular weight excluding hydrogens is 320 g/mol. The number of rotatable bonds is 7. The number of carboxylic acid groups (broad SMARTS) is 1. The molecule has 2 amide bonds. The lowest BCUT2D eigenvalue weighted by molar-refractivity contribution is -0.139. The van der Waals surface area contributed by atoms with E-state index in [2.05, 4.69) is 16.7 Å². The number of urea groups is 1. The highest BCUT2D eigenvalue weighted by molar-refractivity contribution is 5.75. The fourth-order valence-electron chi connectivity index (χ4n) is 3.03. The van der Waals surface area contributed by atoms with Gasteiger partial charge in [0.25, 0.3) is 0 Å². The van der Waals surface area contributed by atoms with E-state index in [9.17, 15) is 9.59 Å². The number of carbonyl (C=O) groups is 2.